The van der Waals surface area contributed by atoms with Gasteiger partial charge in [0.1, 0.15) is 6.61 Å². The van der Waals surface area contributed by atoms with Gasteiger partial charge >= 0.3 is 5.97 Å². The molecule has 8 nitrogen and oxygen atoms in total. The first-order valence-electron chi connectivity index (χ1n) is 9.98. The number of aromatic nitrogens is 2. The highest BCUT2D eigenvalue weighted by Crippen LogP contribution is 2.43. The molecule has 0 unspecified atom stereocenters. The van der Waals surface area contributed by atoms with E-state index in [-0.39, 0.29) is 35.7 Å². The van der Waals surface area contributed by atoms with Crippen LogP contribution in [0.2, 0.25) is 0 Å². The molecule has 0 radical (unpaired) electrons. The molecule has 1 aromatic carbocycles. The Labute approximate surface area is 190 Å². The second-order valence-corrected chi connectivity index (χ2v) is 8.71. The van der Waals surface area contributed by atoms with Crippen LogP contribution in [0.4, 0.5) is 0 Å². The lowest BCUT2D eigenvalue weighted by atomic mass is 9.83. The number of nitrogens with zero attached hydrogens (tertiary/aromatic N) is 2. The van der Waals surface area contributed by atoms with Crippen molar-refractivity contribution in [1.29, 1.82) is 0 Å². The molecule has 162 valence electrons. The Morgan fingerprint density at radius 1 is 1.22 bits per heavy atom. The van der Waals surface area contributed by atoms with Crippen molar-refractivity contribution in [3.05, 3.63) is 63.0 Å². The molecule has 5 heterocycles. The van der Waals surface area contributed by atoms with Gasteiger partial charge in [0.25, 0.3) is 5.56 Å². The van der Waals surface area contributed by atoms with E-state index in [9.17, 15) is 14.7 Å². The van der Waals surface area contributed by atoms with Gasteiger partial charge in [0.15, 0.2) is 11.5 Å². The fraction of sp³-hybridized carbons (Fsp3) is 0.261. The molecule has 0 saturated heterocycles. The lowest BCUT2D eigenvalue weighted by Crippen LogP contribution is -2.45. The molecule has 0 saturated carbocycles. The van der Waals surface area contributed by atoms with Gasteiger partial charge in [-0.1, -0.05) is 22.5 Å². The molecular formula is C23H17BrN2O6. The first kappa shape index (κ1) is 19.5. The predicted molar refractivity (Wildman–Crippen MR) is 118 cm³/mol. The minimum Gasteiger partial charge on any atom is -0.458 e. The van der Waals surface area contributed by atoms with Crippen LogP contribution < -0.4 is 15.0 Å². The number of ether oxygens (including phenoxy) is 3. The van der Waals surface area contributed by atoms with Crippen molar-refractivity contribution in [2.75, 3.05) is 6.79 Å². The van der Waals surface area contributed by atoms with Crippen molar-refractivity contribution in [1.82, 2.24) is 9.55 Å². The van der Waals surface area contributed by atoms with Crippen LogP contribution in [0.25, 0.3) is 22.3 Å². The van der Waals surface area contributed by atoms with Gasteiger partial charge in [-0.05, 0) is 30.2 Å². The van der Waals surface area contributed by atoms with Gasteiger partial charge < -0.3 is 23.9 Å². The Kier molecular flexibility index (Phi) is 3.92. The molecule has 32 heavy (non-hydrogen) atoms. The molecule has 1 N–H and O–H groups in total. The molecule has 0 fully saturated rings. The first-order chi connectivity index (χ1) is 15.3. The molecular weight excluding hydrogens is 480 g/mol. The van der Waals surface area contributed by atoms with Gasteiger partial charge in [-0.3, -0.25) is 4.79 Å². The quantitative estimate of drug-likeness (QED) is 0.258. The number of fused-ring (bicyclic) bond motifs is 6. The number of cyclic esters (lactones) is 1. The van der Waals surface area contributed by atoms with Crippen LogP contribution in [0.1, 0.15) is 29.2 Å². The van der Waals surface area contributed by atoms with E-state index < -0.39 is 11.6 Å². The standard InChI is InChI=1S/C23H17BrN2O6/c1-10(2)23(29)15-4-17-20-13(7-26(17)21(27)14(15)8-30-22(23)28)12(6-24)11-3-18-19(32-9-31-18)5-16(11)25-20/h3-5,29H,1,6-9H2,2H3/t23-/m1/s1. The Balaban J connectivity index is 1.66. The van der Waals surface area contributed by atoms with Crippen LogP contribution in [0.15, 0.2) is 35.1 Å². The van der Waals surface area contributed by atoms with Crippen LogP contribution in [0.5, 0.6) is 11.5 Å². The Morgan fingerprint density at radius 2 is 1.97 bits per heavy atom. The highest BCUT2D eigenvalue weighted by Gasteiger charge is 2.47. The van der Waals surface area contributed by atoms with Crippen molar-refractivity contribution in [2.24, 2.45) is 0 Å². The third-order valence-electron chi connectivity index (χ3n) is 6.44. The van der Waals surface area contributed by atoms with E-state index in [1.807, 2.05) is 12.1 Å². The number of aliphatic hydroxyl groups is 1. The summed E-state index contributed by atoms with van der Waals surface area (Å²) in [7, 11) is 0. The molecule has 3 aliphatic heterocycles. The van der Waals surface area contributed by atoms with E-state index in [0.717, 1.165) is 16.5 Å². The van der Waals surface area contributed by atoms with E-state index in [4.69, 9.17) is 19.2 Å². The number of rotatable bonds is 2. The predicted octanol–water partition coefficient (Wildman–Crippen LogP) is 2.87. The Bertz CT molecular complexity index is 1460. The third kappa shape index (κ3) is 2.32. The van der Waals surface area contributed by atoms with Crippen LogP contribution in [0, 0.1) is 0 Å². The topological polar surface area (TPSA) is 99.9 Å². The number of halogens is 1. The van der Waals surface area contributed by atoms with Gasteiger partial charge in [-0.2, -0.15) is 0 Å². The molecule has 0 bridgehead atoms. The molecule has 1 atom stereocenters. The normalized spacial score (nSPS) is 20.0. The largest absolute Gasteiger partial charge is 0.458 e. The number of carbonyl (C=O) groups is 1. The van der Waals surface area contributed by atoms with Gasteiger partial charge in [0.2, 0.25) is 12.4 Å². The zero-order valence-electron chi connectivity index (χ0n) is 17.0. The summed E-state index contributed by atoms with van der Waals surface area (Å²) in [6.45, 7) is 5.59. The van der Waals surface area contributed by atoms with E-state index >= 15 is 0 Å². The fourth-order valence-corrected chi connectivity index (χ4v) is 5.35. The molecule has 9 heteroatoms. The highest BCUT2D eigenvalue weighted by molar-refractivity contribution is 9.08. The van der Waals surface area contributed by atoms with Crippen molar-refractivity contribution in [3.8, 4) is 22.9 Å². The molecule has 0 spiro atoms. The van der Waals surface area contributed by atoms with Crippen LogP contribution in [-0.4, -0.2) is 27.4 Å². The molecule has 3 aliphatic rings. The monoisotopic (exact) mass is 496 g/mol. The van der Waals surface area contributed by atoms with Crippen molar-refractivity contribution in [2.45, 2.75) is 31.0 Å². The molecule has 2 aromatic heterocycles. The minimum atomic E-state index is -2.08. The van der Waals surface area contributed by atoms with Crippen LogP contribution >= 0.6 is 15.9 Å². The SMILES string of the molecule is C=C(C)[C@]1(O)C(=O)OCc2c1cc1n(c2=O)Cc2c-1nc1cc3c(cc1c2CBr)OCO3. The summed E-state index contributed by atoms with van der Waals surface area (Å²) in [4.78, 5) is 30.7. The maximum atomic E-state index is 13.4. The van der Waals surface area contributed by atoms with Crippen LogP contribution in [0.3, 0.4) is 0 Å². The number of alkyl halides is 1. The van der Waals surface area contributed by atoms with Crippen LogP contribution in [-0.2, 0) is 33.6 Å². The minimum absolute atomic E-state index is 0.162. The number of hydrogen-bond acceptors (Lipinski definition) is 7. The first-order valence-corrected chi connectivity index (χ1v) is 11.1. The number of carbonyl (C=O) groups excluding carboxylic acids is 1. The summed E-state index contributed by atoms with van der Waals surface area (Å²) in [6, 6.07) is 5.40. The Morgan fingerprint density at radius 3 is 2.69 bits per heavy atom. The van der Waals surface area contributed by atoms with Gasteiger partial charge in [0.05, 0.1) is 29.0 Å². The maximum Gasteiger partial charge on any atom is 0.347 e. The summed E-state index contributed by atoms with van der Waals surface area (Å²) in [6.07, 6.45) is 0. The van der Waals surface area contributed by atoms with E-state index in [1.165, 1.54) is 6.92 Å². The highest BCUT2D eigenvalue weighted by atomic mass is 79.9. The molecule has 0 amide bonds. The zero-order chi connectivity index (χ0) is 22.4. The van der Waals surface area contributed by atoms with Gasteiger partial charge in [-0.25, -0.2) is 9.78 Å². The lowest BCUT2D eigenvalue weighted by molar-refractivity contribution is -0.167. The van der Waals surface area contributed by atoms with E-state index in [1.54, 1.807) is 10.6 Å². The summed E-state index contributed by atoms with van der Waals surface area (Å²) in [5.74, 6) is 0.442. The van der Waals surface area contributed by atoms with E-state index in [0.29, 0.717) is 40.3 Å². The Hall–Kier alpha value is -3.17. The summed E-state index contributed by atoms with van der Waals surface area (Å²) < 4.78 is 17.8. The van der Waals surface area contributed by atoms with Gasteiger partial charge in [-0.15, -0.1) is 0 Å². The van der Waals surface area contributed by atoms with Crippen molar-refractivity contribution >= 4 is 32.8 Å². The average Bonchev–Trinajstić information content (AvgIpc) is 3.37. The van der Waals surface area contributed by atoms with Crippen molar-refractivity contribution in [3.63, 3.8) is 0 Å². The molecule has 0 aliphatic carbocycles. The van der Waals surface area contributed by atoms with Crippen molar-refractivity contribution < 1.29 is 24.1 Å². The smallest absolute Gasteiger partial charge is 0.347 e. The van der Waals surface area contributed by atoms with E-state index in [2.05, 4.69) is 22.5 Å². The third-order valence-corrected chi connectivity index (χ3v) is 7.00. The summed E-state index contributed by atoms with van der Waals surface area (Å²) in [5, 5.41) is 12.6. The van der Waals surface area contributed by atoms with Gasteiger partial charge in [0, 0.05) is 27.9 Å². The fourth-order valence-electron chi connectivity index (χ4n) is 4.71. The molecule has 3 aromatic rings. The maximum absolute atomic E-state index is 13.4. The number of pyridine rings is 2. The number of benzene rings is 1. The second-order valence-electron chi connectivity index (χ2n) is 8.15. The summed E-state index contributed by atoms with van der Waals surface area (Å²) >= 11 is 3.58. The second kappa shape index (κ2) is 6.43. The number of hydrogen-bond donors (Lipinski definition) is 1. The average molecular weight is 497 g/mol. The number of esters is 1. The lowest BCUT2D eigenvalue weighted by Gasteiger charge is -2.33. The molecule has 6 rings (SSSR count). The summed E-state index contributed by atoms with van der Waals surface area (Å²) in [5.41, 5.74) is 2.02. The zero-order valence-corrected chi connectivity index (χ0v) is 18.6.